The molecule has 28 heavy (non-hydrogen) atoms. The summed E-state index contributed by atoms with van der Waals surface area (Å²) in [5, 5.41) is 13.7. The van der Waals surface area contributed by atoms with Crippen LogP contribution < -0.4 is 10.9 Å². The van der Waals surface area contributed by atoms with Gasteiger partial charge in [0.25, 0.3) is 11.5 Å². The lowest BCUT2D eigenvalue weighted by Crippen LogP contribution is -2.45. The summed E-state index contributed by atoms with van der Waals surface area (Å²) >= 11 is 0. The van der Waals surface area contributed by atoms with Crippen LogP contribution in [-0.4, -0.2) is 32.5 Å². The summed E-state index contributed by atoms with van der Waals surface area (Å²) in [6.45, 7) is 0. The van der Waals surface area contributed by atoms with E-state index in [-0.39, 0.29) is 17.5 Å². The van der Waals surface area contributed by atoms with Crippen LogP contribution in [0, 0.1) is 0 Å². The van der Waals surface area contributed by atoms with Crippen LogP contribution in [0.25, 0.3) is 16.6 Å². The smallest absolute Gasteiger partial charge is 0.265 e. The average Bonchev–Trinajstić information content (AvgIpc) is 3.55. The molecule has 2 N–H and O–H groups in total. The minimum absolute atomic E-state index is 0.158. The second kappa shape index (κ2) is 6.71. The lowest BCUT2D eigenvalue weighted by molar-refractivity contribution is 0.0718. The molecule has 5 rings (SSSR count). The number of pyridine rings is 1. The van der Waals surface area contributed by atoms with E-state index in [1.54, 1.807) is 18.3 Å². The molecule has 0 unspecified atom stereocenters. The minimum atomic E-state index is -0.523. The van der Waals surface area contributed by atoms with Crippen LogP contribution in [0.1, 0.15) is 60.4 Å². The second-order valence-corrected chi connectivity index (χ2v) is 8.02. The first-order chi connectivity index (χ1) is 13.6. The van der Waals surface area contributed by atoms with Gasteiger partial charge >= 0.3 is 0 Å². The molecule has 2 fully saturated rings. The van der Waals surface area contributed by atoms with E-state index in [0.717, 1.165) is 19.3 Å². The van der Waals surface area contributed by atoms with E-state index in [1.165, 1.54) is 22.8 Å². The highest BCUT2D eigenvalue weighted by atomic mass is 16.3. The molecule has 0 saturated heterocycles. The number of benzene rings is 1. The van der Waals surface area contributed by atoms with E-state index in [1.807, 2.05) is 18.2 Å². The maximum absolute atomic E-state index is 13.1. The number of aromatic nitrogens is 2. The summed E-state index contributed by atoms with van der Waals surface area (Å²) in [5.41, 5.74) is 2.33. The van der Waals surface area contributed by atoms with Crippen molar-refractivity contribution in [1.82, 2.24) is 14.7 Å². The van der Waals surface area contributed by atoms with Crippen LogP contribution in [-0.2, 0) is 0 Å². The Morgan fingerprint density at radius 1 is 1.14 bits per heavy atom. The highest BCUT2D eigenvalue weighted by Gasteiger charge is 2.26. The van der Waals surface area contributed by atoms with Gasteiger partial charge in [0.2, 0.25) is 0 Å². The molecule has 0 bridgehead atoms. The molecule has 1 aromatic carbocycles. The first-order valence-corrected chi connectivity index (χ1v) is 10.1. The molecule has 2 aliphatic carbocycles. The van der Waals surface area contributed by atoms with Crippen LogP contribution >= 0.6 is 0 Å². The zero-order valence-corrected chi connectivity index (χ0v) is 15.6. The van der Waals surface area contributed by atoms with E-state index in [9.17, 15) is 14.7 Å². The average molecular weight is 377 g/mol. The Labute approximate surface area is 162 Å². The van der Waals surface area contributed by atoms with Crippen molar-refractivity contribution >= 4 is 22.5 Å². The van der Waals surface area contributed by atoms with Crippen LogP contribution in [0.15, 0.2) is 41.3 Å². The molecule has 0 radical (unpaired) electrons. The summed E-state index contributed by atoms with van der Waals surface area (Å²) in [7, 11) is 0. The Morgan fingerprint density at radius 3 is 2.75 bits per heavy atom. The lowest BCUT2D eigenvalue weighted by atomic mass is 9.92. The van der Waals surface area contributed by atoms with Crippen molar-refractivity contribution in [1.29, 1.82) is 0 Å². The van der Waals surface area contributed by atoms with Crippen molar-refractivity contribution < 1.29 is 9.90 Å². The highest BCUT2D eigenvalue weighted by molar-refractivity contribution is 6.00. The Kier molecular flexibility index (Phi) is 4.16. The normalized spacial score (nSPS) is 22.5. The highest BCUT2D eigenvalue weighted by Crippen LogP contribution is 2.40. The molecule has 144 valence electrons. The first kappa shape index (κ1) is 17.4. The van der Waals surface area contributed by atoms with Crippen molar-refractivity contribution in [2.45, 2.75) is 56.6 Å². The van der Waals surface area contributed by atoms with E-state index >= 15 is 0 Å². The molecule has 2 aliphatic rings. The molecule has 0 spiro atoms. The van der Waals surface area contributed by atoms with Crippen LogP contribution in [0.3, 0.4) is 0 Å². The fourth-order valence-corrected chi connectivity index (χ4v) is 4.22. The molecule has 2 saturated carbocycles. The number of aliphatic hydroxyl groups excluding tert-OH is 1. The predicted molar refractivity (Wildman–Crippen MR) is 107 cm³/mol. The number of hydrogen-bond donors (Lipinski definition) is 2. The molecule has 2 atom stereocenters. The van der Waals surface area contributed by atoms with Gasteiger partial charge in [-0.15, -0.1) is 0 Å². The molecular weight excluding hydrogens is 354 g/mol. The SMILES string of the molecule is O=C(N[C@@H]1CCCC[C@@H]1O)c1cccn2c(=O)c3cc(C4CC4)ccc3nc12. The van der Waals surface area contributed by atoms with Gasteiger partial charge < -0.3 is 10.4 Å². The summed E-state index contributed by atoms with van der Waals surface area (Å²) in [4.78, 5) is 30.6. The number of fused-ring (bicyclic) bond motifs is 2. The van der Waals surface area contributed by atoms with E-state index in [4.69, 9.17) is 0 Å². The van der Waals surface area contributed by atoms with Gasteiger partial charge in [-0.1, -0.05) is 18.9 Å². The third-order valence-corrected chi connectivity index (χ3v) is 6.00. The first-order valence-electron chi connectivity index (χ1n) is 10.1. The monoisotopic (exact) mass is 377 g/mol. The molecule has 2 aromatic heterocycles. The van der Waals surface area contributed by atoms with Crippen LogP contribution in [0.2, 0.25) is 0 Å². The maximum atomic E-state index is 13.1. The standard InChI is InChI=1S/C22H23N3O3/c26-19-6-2-1-5-18(19)24-21(27)15-4-3-11-25-20(15)23-17-10-9-14(13-7-8-13)12-16(17)22(25)28/h3-4,9-13,18-19,26H,1-2,5-8H2,(H,24,27)/t18-,19+/m1/s1. The summed E-state index contributed by atoms with van der Waals surface area (Å²) in [5.74, 6) is 0.258. The third-order valence-electron chi connectivity index (χ3n) is 6.00. The van der Waals surface area contributed by atoms with Gasteiger partial charge in [0.1, 0.15) is 0 Å². The fraction of sp³-hybridized carbons (Fsp3) is 0.409. The van der Waals surface area contributed by atoms with Crippen molar-refractivity contribution in [3.8, 4) is 0 Å². The number of aliphatic hydroxyl groups is 1. The maximum Gasteiger partial charge on any atom is 0.265 e. The molecule has 6 heteroatoms. The molecule has 6 nitrogen and oxygen atoms in total. The van der Waals surface area contributed by atoms with Crippen molar-refractivity contribution in [3.05, 3.63) is 58.0 Å². The number of nitrogens with zero attached hydrogens (tertiary/aromatic N) is 2. The van der Waals surface area contributed by atoms with E-state index < -0.39 is 6.10 Å². The second-order valence-electron chi connectivity index (χ2n) is 8.02. The van der Waals surface area contributed by atoms with E-state index in [2.05, 4.69) is 10.3 Å². The van der Waals surface area contributed by atoms with Crippen molar-refractivity contribution in [3.63, 3.8) is 0 Å². The van der Waals surface area contributed by atoms with Crippen molar-refractivity contribution in [2.24, 2.45) is 0 Å². The minimum Gasteiger partial charge on any atom is -0.391 e. The van der Waals surface area contributed by atoms with Gasteiger partial charge in [0.05, 0.1) is 28.6 Å². The van der Waals surface area contributed by atoms with E-state index in [0.29, 0.717) is 34.5 Å². The van der Waals surface area contributed by atoms with Crippen LogP contribution in [0.5, 0.6) is 0 Å². The van der Waals surface area contributed by atoms with Gasteiger partial charge in [-0.3, -0.25) is 14.0 Å². The van der Waals surface area contributed by atoms with Gasteiger partial charge in [0.15, 0.2) is 5.65 Å². The molecular formula is C22H23N3O3. The lowest BCUT2D eigenvalue weighted by Gasteiger charge is -2.28. The zero-order valence-electron chi connectivity index (χ0n) is 15.6. The van der Waals surface area contributed by atoms with Crippen LogP contribution in [0.4, 0.5) is 0 Å². The quantitative estimate of drug-likeness (QED) is 0.688. The Morgan fingerprint density at radius 2 is 1.96 bits per heavy atom. The number of rotatable bonds is 3. The number of carbonyl (C=O) groups is 1. The number of hydrogen-bond acceptors (Lipinski definition) is 4. The third kappa shape index (κ3) is 2.98. The summed E-state index contributed by atoms with van der Waals surface area (Å²) in [6.07, 6.45) is 6.90. The van der Waals surface area contributed by atoms with Gasteiger partial charge in [-0.05, 0) is 61.4 Å². The predicted octanol–water partition coefficient (Wildman–Crippen LogP) is 2.76. The molecule has 3 aromatic rings. The number of amides is 1. The number of nitrogens with one attached hydrogen (secondary N) is 1. The fourth-order valence-electron chi connectivity index (χ4n) is 4.22. The summed E-state index contributed by atoms with van der Waals surface area (Å²) < 4.78 is 1.45. The summed E-state index contributed by atoms with van der Waals surface area (Å²) in [6, 6.07) is 8.97. The topological polar surface area (TPSA) is 83.7 Å². The number of carbonyl (C=O) groups excluding carboxylic acids is 1. The Balaban J connectivity index is 1.57. The Bertz CT molecular complexity index is 1130. The van der Waals surface area contributed by atoms with Gasteiger partial charge in [0, 0.05) is 6.20 Å². The van der Waals surface area contributed by atoms with Crippen molar-refractivity contribution in [2.75, 3.05) is 0 Å². The molecule has 0 aliphatic heterocycles. The van der Waals surface area contributed by atoms with Gasteiger partial charge in [-0.25, -0.2) is 4.98 Å². The van der Waals surface area contributed by atoms with Gasteiger partial charge in [-0.2, -0.15) is 0 Å². The Hall–Kier alpha value is -2.73. The zero-order chi connectivity index (χ0) is 19.3. The largest absolute Gasteiger partial charge is 0.391 e. The molecule has 2 heterocycles. The molecule has 1 amide bonds.